The largest absolute Gasteiger partial charge is 0.394 e. The lowest BCUT2D eigenvalue weighted by Gasteiger charge is -2.45. The predicted octanol–water partition coefficient (Wildman–Crippen LogP) is -1.05. The molecule has 174 valence electrons. The van der Waals surface area contributed by atoms with E-state index in [1.807, 2.05) is 20.8 Å². The van der Waals surface area contributed by atoms with Crippen molar-refractivity contribution in [3.05, 3.63) is 0 Å². The molecule has 0 aromatic rings. The van der Waals surface area contributed by atoms with Crippen LogP contribution in [0.1, 0.15) is 46.5 Å². The van der Waals surface area contributed by atoms with Crippen LogP contribution in [0, 0.1) is 23.7 Å². The lowest BCUT2D eigenvalue weighted by atomic mass is 9.76. The fourth-order valence-electron chi connectivity index (χ4n) is 5.54. The number of ketones is 1. The molecule has 6 N–H and O–H groups in total. The predicted molar refractivity (Wildman–Crippen MR) is 104 cm³/mol. The van der Waals surface area contributed by atoms with Crippen molar-refractivity contribution < 1.29 is 44.9 Å². The van der Waals surface area contributed by atoms with Crippen molar-refractivity contribution in [2.75, 3.05) is 13.2 Å². The van der Waals surface area contributed by atoms with E-state index >= 15 is 0 Å². The number of fused-ring (bicyclic) bond motifs is 1. The molecule has 0 aromatic carbocycles. The van der Waals surface area contributed by atoms with E-state index in [0.717, 1.165) is 0 Å². The molecule has 9 nitrogen and oxygen atoms in total. The van der Waals surface area contributed by atoms with Gasteiger partial charge in [0.15, 0.2) is 6.29 Å². The molecule has 2 aliphatic carbocycles. The topological polar surface area (TPSA) is 157 Å². The average Bonchev–Trinajstić information content (AvgIpc) is 2.90. The molecule has 0 aromatic heterocycles. The highest BCUT2D eigenvalue weighted by molar-refractivity contribution is 5.83. The zero-order valence-electron chi connectivity index (χ0n) is 17.8. The van der Waals surface area contributed by atoms with E-state index in [1.165, 1.54) is 0 Å². The van der Waals surface area contributed by atoms with Crippen molar-refractivity contribution in [3.63, 3.8) is 0 Å². The maximum Gasteiger partial charge on any atom is 0.187 e. The zero-order valence-corrected chi connectivity index (χ0v) is 17.8. The van der Waals surface area contributed by atoms with Crippen molar-refractivity contribution >= 4 is 5.78 Å². The minimum atomic E-state index is -1.53. The van der Waals surface area contributed by atoms with E-state index in [1.54, 1.807) is 0 Å². The highest BCUT2D eigenvalue weighted by Crippen LogP contribution is 2.51. The molecule has 30 heavy (non-hydrogen) atoms. The van der Waals surface area contributed by atoms with Gasteiger partial charge in [-0.1, -0.05) is 6.92 Å². The number of aliphatic hydroxyl groups excluding tert-OH is 5. The average molecular weight is 433 g/mol. The van der Waals surface area contributed by atoms with Gasteiger partial charge in [-0.15, -0.1) is 0 Å². The Kier molecular flexibility index (Phi) is 6.97. The van der Waals surface area contributed by atoms with Crippen molar-refractivity contribution in [3.8, 4) is 0 Å². The van der Waals surface area contributed by atoms with Gasteiger partial charge in [0.25, 0.3) is 0 Å². The number of ether oxygens (including phenoxy) is 2. The summed E-state index contributed by atoms with van der Waals surface area (Å²) in [6, 6.07) is 0. The minimum Gasteiger partial charge on any atom is -0.394 e. The smallest absolute Gasteiger partial charge is 0.187 e. The maximum absolute atomic E-state index is 12.4. The molecular weight excluding hydrogens is 396 g/mol. The molecule has 1 saturated heterocycles. The maximum atomic E-state index is 12.4. The number of Topliss-reactive ketones (excluding diaryl/α,β-unsaturated/α-hetero) is 1. The fraction of sp³-hybridized carbons (Fsp3) is 0.952. The van der Waals surface area contributed by atoms with Crippen LogP contribution in [-0.4, -0.2) is 91.5 Å². The molecule has 3 rings (SSSR count). The highest BCUT2D eigenvalue weighted by Gasteiger charge is 2.54. The van der Waals surface area contributed by atoms with Crippen LogP contribution in [0.4, 0.5) is 0 Å². The van der Waals surface area contributed by atoms with Gasteiger partial charge in [-0.3, -0.25) is 4.79 Å². The number of carbonyl (C=O) groups excluding carboxylic acids is 1. The second-order valence-corrected chi connectivity index (χ2v) is 9.88. The number of rotatable bonds is 5. The molecule has 0 unspecified atom stereocenters. The van der Waals surface area contributed by atoms with Gasteiger partial charge in [0.1, 0.15) is 30.2 Å². The molecule has 0 amide bonds. The Balaban J connectivity index is 1.79. The standard InChI is InChI=1S/C21H36O9/c1-10-12-6-11(4-5-21(28,9-23)13(12)7-14(10)24)20(2,3)30-19-18(27)17(26)16(25)15(8-22)29-19/h10-13,15-19,22-23,25-28H,4-9H2,1-3H3/t10-,11+,12-,13-,15+,16+,17-,18+,19-,21+/m0/s1. The quantitative estimate of drug-likeness (QED) is 0.319. The van der Waals surface area contributed by atoms with Crippen LogP contribution in [-0.2, 0) is 14.3 Å². The number of aliphatic hydroxyl groups is 6. The van der Waals surface area contributed by atoms with Crippen LogP contribution in [0.3, 0.4) is 0 Å². The minimum absolute atomic E-state index is 0.0881. The summed E-state index contributed by atoms with van der Waals surface area (Å²) >= 11 is 0. The second-order valence-electron chi connectivity index (χ2n) is 9.88. The van der Waals surface area contributed by atoms with Crippen molar-refractivity contribution in [2.45, 2.75) is 88.4 Å². The first-order valence-electron chi connectivity index (χ1n) is 10.8. The molecule has 1 aliphatic heterocycles. The van der Waals surface area contributed by atoms with Crippen LogP contribution in [0.15, 0.2) is 0 Å². The molecular formula is C21H36O9. The van der Waals surface area contributed by atoms with Crippen molar-refractivity contribution in [2.24, 2.45) is 23.7 Å². The van der Waals surface area contributed by atoms with Gasteiger partial charge >= 0.3 is 0 Å². The van der Waals surface area contributed by atoms with Gasteiger partial charge in [-0.05, 0) is 44.9 Å². The van der Waals surface area contributed by atoms with E-state index in [4.69, 9.17) is 9.47 Å². The molecule has 10 atom stereocenters. The Morgan fingerprint density at radius 1 is 1.17 bits per heavy atom. The van der Waals surface area contributed by atoms with E-state index < -0.39 is 55.1 Å². The van der Waals surface area contributed by atoms with Crippen LogP contribution in [0.2, 0.25) is 0 Å². The summed E-state index contributed by atoms with van der Waals surface area (Å²) in [7, 11) is 0. The van der Waals surface area contributed by atoms with Gasteiger partial charge < -0.3 is 40.1 Å². The second kappa shape index (κ2) is 8.71. The molecule has 2 saturated carbocycles. The van der Waals surface area contributed by atoms with Crippen LogP contribution in [0.5, 0.6) is 0 Å². The van der Waals surface area contributed by atoms with Gasteiger partial charge in [0.05, 0.1) is 24.4 Å². The SMILES string of the molecule is C[C@@H]1C(=O)C[C@H]2[C@H]1C[C@H](C(C)(C)O[C@@H]1O[C@H](CO)[C@@H](O)[C@H](O)[C@H]1O)CC[C@@]2(O)CO. The Morgan fingerprint density at radius 3 is 2.43 bits per heavy atom. The molecule has 3 aliphatic rings. The first kappa shape index (κ1) is 24.0. The molecule has 0 spiro atoms. The molecule has 0 bridgehead atoms. The van der Waals surface area contributed by atoms with Gasteiger partial charge in [-0.25, -0.2) is 0 Å². The number of carbonyl (C=O) groups is 1. The molecule has 9 heteroatoms. The van der Waals surface area contributed by atoms with Gasteiger partial charge in [-0.2, -0.15) is 0 Å². The summed E-state index contributed by atoms with van der Waals surface area (Å²) in [4.78, 5) is 12.4. The summed E-state index contributed by atoms with van der Waals surface area (Å²) in [5.41, 5.74) is -2.19. The van der Waals surface area contributed by atoms with E-state index in [9.17, 15) is 35.4 Å². The summed E-state index contributed by atoms with van der Waals surface area (Å²) < 4.78 is 11.6. The first-order valence-corrected chi connectivity index (χ1v) is 10.8. The Labute approximate surface area is 176 Å². The lowest BCUT2D eigenvalue weighted by molar-refractivity contribution is -0.329. The normalized spacial score (nSPS) is 47.8. The summed E-state index contributed by atoms with van der Waals surface area (Å²) in [6.45, 7) is 4.55. The number of hydrogen-bond acceptors (Lipinski definition) is 9. The number of hydrogen-bond donors (Lipinski definition) is 6. The molecule has 3 fully saturated rings. The summed E-state index contributed by atoms with van der Waals surface area (Å²) in [5, 5.41) is 60.6. The fourth-order valence-corrected chi connectivity index (χ4v) is 5.54. The third-order valence-corrected chi connectivity index (χ3v) is 7.79. The Bertz CT molecular complexity index is 624. The van der Waals surface area contributed by atoms with Crippen molar-refractivity contribution in [1.82, 2.24) is 0 Å². The van der Waals surface area contributed by atoms with Crippen molar-refractivity contribution in [1.29, 1.82) is 0 Å². The van der Waals surface area contributed by atoms with E-state index in [2.05, 4.69) is 0 Å². The van der Waals surface area contributed by atoms with Gasteiger partial charge in [0, 0.05) is 18.3 Å². The van der Waals surface area contributed by atoms with Gasteiger partial charge in [0.2, 0.25) is 0 Å². The molecule has 0 radical (unpaired) electrons. The third kappa shape index (κ3) is 4.19. The van der Waals surface area contributed by atoms with Crippen LogP contribution in [0.25, 0.3) is 0 Å². The zero-order chi connectivity index (χ0) is 22.4. The third-order valence-electron chi connectivity index (χ3n) is 7.79. The lowest BCUT2D eigenvalue weighted by Crippen LogP contribution is -2.60. The Hall–Kier alpha value is -0.650. The van der Waals surface area contributed by atoms with Crippen LogP contribution >= 0.6 is 0 Å². The summed E-state index contributed by atoms with van der Waals surface area (Å²) in [5.74, 6) is -0.661. The van der Waals surface area contributed by atoms with Crippen LogP contribution < -0.4 is 0 Å². The monoisotopic (exact) mass is 432 g/mol. The van der Waals surface area contributed by atoms with E-state index in [0.29, 0.717) is 19.3 Å². The summed E-state index contributed by atoms with van der Waals surface area (Å²) in [6.07, 6.45) is -5.09. The first-order chi connectivity index (χ1) is 13.9. The highest BCUT2D eigenvalue weighted by atomic mass is 16.7. The molecule has 1 heterocycles. The van der Waals surface area contributed by atoms with E-state index in [-0.39, 0.29) is 35.9 Å². The Morgan fingerprint density at radius 2 is 1.83 bits per heavy atom.